The van der Waals surface area contributed by atoms with Crippen molar-refractivity contribution in [1.29, 1.82) is 0 Å². The second-order valence-electron chi connectivity index (χ2n) is 4.02. The number of rotatable bonds is 4. The Labute approximate surface area is 128 Å². The van der Waals surface area contributed by atoms with Crippen molar-refractivity contribution in [2.24, 2.45) is 0 Å². The molecule has 0 aliphatic heterocycles. The van der Waals surface area contributed by atoms with E-state index >= 15 is 0 Å². The largest absolute Gasteiger partial charge is 0.478 e. The van der Waals surface area contributed by atoms with Gasteiger partial charge >= 0.3 is 5.97 Å². The highest BCUT2D eigenvalue weighted by molar-refractivity contribution is 7.84. The van der Waals surface area contributed by atoms with Gasteiger partial charge in [0.2, 0.25) is 0 Å². The van der Waals surface area contributed by atoms with Gasteiger partial charge in [0.15, 0.2) is 0 Å². The molecular formula is C14H10Cl2O3S. The van der Waals surface area contributed by atoms with E-state index in [2.05, 4.69) is 0 Å². The third-order valence-electron chi connectivity index (χ3n) is 2.70. The summed E-state index contributed by atoms with van der Waals surface area (Å²) < 4.78 is 12.2. The molecule has 6 heteroatoms. The maximum absolute atomic E-state index is 12.2. The summed E-state index contributed by atoms with van der Waals surface area (Å²) in [4.78, 5) is 11.3. The van der Waals surface area contributed by atoms with Gasteiger partial charge in [0.1, 0.15) is 0 Å². The molecule has 0 aromatic heterocycles. The Morgan fingerprint density at radius 3 is 2.10 bits per heavy atom. The Morgan fingerprint density at radius 1 is 1.05 bits per heavy atom. The maximum Gasteiger partial charge on any atom is 0.335 e. The van der Waals surface area contributed by atoms with E-state index in [1.807, 2.05) is 0 Å². The summed E-state index contributed by atoms with van der Waals surface area (Å²) in [6.07, 6.45) is 0. The van der Waals surface area contributed by atoms with Gasteiger partial charge in [-0.1, -0.05) is 29.3 Å². The Kier molecular flexibility index (Phi) is 4.81. The molecule has 3 nitrogen and oxygen atoms in total. The van der Waals surface area contributed by atoms with E-state index in [-0.39, 0.29) is 11.3 Å². The van der Waals surface area contributed by atoms with Gasteiger partial charge < -0.3 is 5.11 Å². The summed E-state index contributed by atoms with van der Waals surface area (Å²) in [5.41, 5.74) is 0.776. The highest BCUT2D eigenvalue weighted by atomic mass is 35.5. The third-order valence-corrected chi connectivity index (χ3v) is 4.76. The summed E-state index contributed by atoms with van der Waals surface area (Å²) in [6, 6.07) is 11.0. The van der Waals surface area contributed by atoms with Crippen LogP contribution in [-0.4, -0.2) is 15.3 Å². The molecule has 0 bridgehead atoms. The maximum atomic E-state index is 12.2. The van der Waals surface area contributed by atoms with Crippen molar-refractivity contribution in [3.05, 3.63) is 63.6 Å². The lowest BCUT2D eigenvalue weighted by atomic mass is 10.2. The number of halogens is 2. The molecule has 0 spiro atoms. The molecule has 20 heavy (non-hydrogen) atoms. The van der Waals surface area contributed by atoms with Gasteiger partial charge in [0.25, 0.3) is 0 Å². The molecule has 2 aromatic carbocycles. The van der Waals surface area contributed by atoms with Gasteiger partial charge in [-0.3, -0.25) is 4.21 Å². The van der Waals surface area contributed by atoms with Crippen LogP contribution in [0.5, 0.6) is 0 Å². The van der Waals surface area contributed by atoms with Crippen molar-refractivity contribution in [1.82, 2.24) is 0 Å². The predicted molar refractivity (Wildman–Crippen MR) is 80.0 cm³/mol. The number of hydrogen-bond acceptors (Lipinski definition) is 2. The number of aromatic carboxylic acids is 1. The topological polar surface area (TPSA) is 54.4 Å². The fourth-order valence-corrected chi connectivity index (χ4v) is 3.50. The molecule has 0 fully saturated rings. The number of hydrogen-bond donors (Lipinski definition) is 1. The molecule has 1 unspecified atom stereocenters. The van der Waals surface area contributed by atoms with Crippen LogP contribution in [0.4, 0.5) is 0 Å². The minimum atomic E-state index is -1.34. The van der Waals surface area contributed by atoms with Crippen LogP contribution in [0, 0.1) is 0 Å². The number of carboxylic acid groups (broad SMARTS) is 1. The molecule has 104 valence electrons. The molecule has 0 amide bonds. The molecule has 1 N–H and O–H groups in total. The molecule has 0 radical (unpaired) electrons. The van der Waals surface area contributed by atoms with E-state index in [9.17, 15) is 9.00 Å². The highest BCUT2D eigenvalue weighted by Crippen LogP contribution is 2.27. The second kappa shape index (κ2) is 6.39. The lowest BCUT2D eigenvalue weighted by molar-refractivity contribution is 0.0697. The smallest absolute Gasteiger partial charge is 0.335 e. The van der Waals surface area contributed by atoms with Gasteiger partial charge in [-0.2, -0.15) is 0 Å². The minimum absolute atomic E-state index is 0.154. The van der Waals surface area contributed by atoms with Crippen LogP contribution in [0.1, 0.15) is 15.9 Å². The van der Waals surface area contributed by atoms with Crippen molar-refractivity contribution < 1.29 is 14.1 Å². The van der Waals surface area contributed by atoms with Gasteiger partial charge in [-0.05, 0) is 36.4 Å². The van der Waals surface area contributed by atoms with Gasteiger partial charge in [0.05, 0.1) is 22.1 Å². The van der Waals surface area contributed by atoms with E-state index in [0.717, 1.165) is 0 Å². The van der Waals surface area contributed by atoms with E-state index in [1.165, 1.54) is 24.3 Å². The summed E-state index contributed by atoms with van der Waals surface area (Å²) in [7, 11) is -1.34. The molecule has 2 rings (SSSR count). The predicted octanol–water partition coefficient (Wildman–Crippen LogP) is 4.00. The zero-order valence-electron chi connectivity index (χ0n) is 10.2. The van der Waals surface area contributed by atoms with Crippen LogP contribution in [0.15, 0.2) is 47.4 Å². The number of carboxylic acids is 1. The first-order chi connectivity index (χ1) is 9.49. The molecule has 0 saturated heterocycles. The van der Waals surface area contributed by atoms with Crippen molar-refractivity contribution in [3.63, 3.8) is 0 Å². The first kappa shape index (κ1) is 15.0. The van der Waals surface area contributed by atoms with Crippen LogP contribution in [-0.2, 0) is 16.6 Å². The first-order valence-corrected chi connectivity index (χ1v) is 7.71. The Bertz CT molecular complexity index is 648. The molecule has 0 heterocycles. The Balaban J connectivity index is 2.22. The lowest BCUT2D eigenvalue weighted by Gasteiger charge is -2.07. The van der Waals surface area contributed by atoms with Crippen LogP contribution < -0.4 is 0 Å². The number of carbonyl (C=O) groups is 1. The molecule has 2 aromatic rings. The van der Waals surface area contributed by atoms with Crippen molar-refractivity contribution in [3.8, 4) is 0 Å². The highest BCUT2D eigenvalue weighted by Gasteiger charge is 2.12. The zero-order valence-corrected chi connectivity index (χ0v) is 12.5. The van der Waals surface area contributed by atoms with Crippen LogP contribution in [0.2, 0.25) is 10.0 Å². The second-order valence-corrected chi connectivity index (χ2v) is 6.29. The van der Waals surface area contributed by atoms with Crippen molar-refractivity contribution in [2.75, 3.05) is 0 Å². The van der Waals surface area contributed by atoms with Crippen LogP contribution >= 0.6 is 23.2 Å². The van der Waals surface area contributed by atoms with Crippen LogP contribution in [0.3, 0.4) is 0 Å². The fraction of sp³-hybridized carbons (Fsp3) is 0.0714. The van der Waals surface area contributed by atoms with Gasteiger partial charge in [-0.15, -0.1) is 0 Å². The van der Waals surface area contributed by atoms with E-state index in [1.54, 1.807) is 18.2 Å². The summed E-state index contributed by atoms with van der Waals surface area (Å²) in [5, 5.41) is 9.74. The summed E-state index contributed by atoms with van der Waals surface area (Å²) in [5.74, 6) is -0.832. The molecule has 0 aliphatic carbocycles. The first-order valence-electron chi connectivity index (χ1n) is 5.63. The standard InChI is InChI=1S/C14H10Cl2O3S/c15-12-2-1-3-13(16)11(12)8-20(19)10-6-4-9(5-7-10)14(17)18/h1-7H,8H2,(H,17,18). The van der Waals surface area contributed by atoms with E-state index < -0.39 is 16.8 Å². The Hall–Kier alpha value is -1.36. The van der Waals surface area contributed by atoms with Crippen molar-refractivity contribution in [2.45, 2.75) is 10.6 Å². The molecule has 0 aliphatic rings. The van der Waals surface area contributed by atoms with Gasteiger partial charge in [0, 0.05) is 20.5 Å². The molecule has 1 atom stereocenters. The van der Waals surface area contributed by atoms with Crippen molar-refractivity contribution >= 4 is 40.0 Å². The SMILES string of the molecule is O=C(O)c1ccc(S(=O)Cc2c(Cl)cccc2Cl)cc1. The number of benzene rings is 2. The molecular weight excluding hydrogens is 319 g/mol. The van der Waals surface area contributed by atoms with Gasteiger partial charge in [-0.25, -0.2) is 4.79 Å². The normalized spacial score (nSPS) is 12.1. The molecule has 0 saturated carbocycles. The summed E-state index contributed by atoms with van der Waals surface area (Å²) >= 11 is 12.1. The monoisotopic (exact) mass is 328 g/mol. The third kappa shape index (κ3) is 3.39. The fourth-order valence-electron chi connectivity index (χ4n) is 1.63. The van der Waals surface area contributed by atoms with E-state index in [0.29, 0.717) is 20.5 Å². The van der Waals surface area contributed by atoms with E-state index in [4.69, 9.17) is 28.3 Å². The van der Waals surface area contributed by atoms with Crippen LogP contribution in [0.25, 0.3) is 0 Å². The average Bonchev–Trinajstić information content (AvgIpc) is 2.43. The summed E-state index contributed by atoms with van der Waals surface area (Å²) in [6.45, 7) is 0. The minimum Gasteiger partial charge on any atom is -0.478 e. The Morgan fingerprint density at radius 2 is 1.60 bits per heavy atom. The zero-order chi connectivity index (χ0) is 14.7. The lowest BCUT2D eigenvalue weighted by Crippen LogP contribution is -2.00. The quantitative estimate of drug-likeness (QED) is 0.922. The average molecular weight is 329 g/mol.